The fraction of sp³-hybridized carbons (Fsp3) is 0.111. The smallest absolute Gasteiger partial charge is 0.0543 e. The number of rotatable bonds is 4. The summed E-state index contributed by atoms with van der Waals surface area (Å²) in [5.74, 6) is 0. The maximum atomic E-state index is 2.50. The van der Waals surface area contributed by atoms with E-state index in [0.29, 0.717) is 0 Å². The molecule has 55 heavy (non-hydrogen) atoms. The Labute approximate surface area is 323 Å². The second-order valence-corrected chi connectivity index (χ2v) is 16.5. The number of fused-ring (bicyclic) bond motifs is 11. The van der Waals surface area contributed by atoms with Gasteiger partial charge in [-0.05, 0) is 119 Å². The zero-order chi connectivity index (χ0) is 37.1. The molecule has 11 rings (SSSR count). The standard InChI is InChI=1S/C54H41N/c1-53(2)47-20-11-9-18-42(47)46-32-37(29-31-49(46)53)55(51-23-13-22-50-52(51)43-19-10-12-21-48(43)54(50,3)4)36-27-24-35(25-28-36)44-33-45-38-15-6-5-14-34(38)26-30-41(45)39-16-7-8-17-40(39)44/h5-33H,1-4H3. The largest absolute Gasteiger partial charge is 0.310 e. The Balaban J connectivity index is 1.13. The third-order valence-electron chi connectivity index (χ3n) is 12.9. The molecule has 0 saturated heterocycles. The highest BCUT2D eigenvalue weighted by atomic mass is 15.1. The Bertz CT molecular complexity index is 3030. The number of benzene rings is 9. The van der Waals surface area contributed by atoms with Gasteiger partial charge in [-0.15, -0.1) is 0 Å². The van der Waals surface area contributed by atoms with E-state index in [1.54, 1.807) is 0 Å². The van der Waals surface area contributed by atoms with E-state index in [2.05, 4.69) is 209 Å². The monoisotopic (exact) mass is 703 g/mol. The van der Waals surface area contributed by atoms with Crippen molar-refractivity contribution in [3.8, 4) is 33.4 Å². The summed E-state index contributed by atoms with van der Waals surface area (Å²) in [7, 11) is 0. The first kappa shape index (κ1) is 32.0. The van der Waals surface area contributed by atoms with Gasteiger partial charge in [-0.2, -0.15) is 0 Å². The van der Waals surface area contributed by atoms with Crippen LogP contribution in [-0.4, -0.2) is 0 Å². The Morgan fingerprint density at radius 1 is 0.345 bits per heavy atom. The number of nitrogens with zero attached hydrogens (tertiary/aromatic N) is 1. The van der Waals surface area contributed by atoms with Gasteiger partial charge in [0.1, 0.15) is 0 Å². The first-order chi connectivity index (χ1) is 26.8. The van der Waals surface area contributed by atoms with E-state index in [1.807, 2.05) is 0 Å². The maximum Gasteiger partial charge on any atom is 0.0543 e. The van der Waals surface area contributed by atoms with E-state index in [1.165, 1.54) is 93.6 Å². The van der Waals surface area contributed by atoms with Crippen molar-refractivity contribution in [1.29, 1.82) is 0 Å². The normalized spacial score (nSPS) is 14.5. The predicted molar refractivity (Wildman–Crippen MR) is 234 cm³/mol. The van der Waals surface area contributed by atoms with Gasteiger partial charge in [0.2, 0.25) is 0 Å². The molecule has 9 aromatic carbocycles. The highest BCUT2D eigenvalue weighted by molar-refractivity contribution is 6.21. The van der Waals surface area contributed by atoms with Gasteiger partial charge in [0.05, 0.1) is 5.69 Å². The number of anilines is 3. The van der Waals surface area contributed by atoms with Gasteiger partial charge in [-0.1, -0.05) is 167 Å². The second-order valence-electron chi connectivity index (χ2n) is 16.5. The highest BCUT2D eigenvalue weighted by Gasteiger charge is 2.39. The van der Waals surface area contributed by atoms with Crippen molar-refractivity contribution < 1.29 is 0 Å². The van der Waals surface area contributed by atoms with Gasteiger partial charge in [0.25, 0.3) is 0 Å². The van der Waals surface area contributed by atoms with E-state index in [0.717, 1.165) is 11.4 Å². The third kappa shape index (κ3) is 4.53. The molecule has 2 aliphatic rings. The van der Waals surface area contributed by atoms with Crippen LogP contribution in [0.25, 0.3) is 65.7 Å². The average Bonchev–Trinajstić information content (AvgIpc) is 3.60. The van der Waals surface area contributed by atoms with E-state index in [9.17, 15) is 0 Å². The predicted octanol–water partition coefficient (Wildman–Crippen LogP) is 14.9. The lowest BCUT2D eigenvalue weighted by atomic mass is 9.82. The van der Waals surface area contributed by atoms with Crippen LogP contribution in [0.3, 0.4) is 0 Å². The summed E-state index contributed by atoms with van der Waals surface area (Å²) in [5, 5.41) is 7.70. The van der Waals surface area contributed by atoms with Gasteiger partial charge in [-0.25, -0.2) is 0 Å². The van der Waals surface area contributed by atoms with Gasteiger partial charge < -0.3 is 4.90 Å². The summed E-state index contributed by atoms with van der Waals surface area (Å²) in [6, 6.07) is 65.9. The summed E-state index contributed by atoms with van der Waals surface area (Å²) in [6.07, 6.45) is 0. The van der Waals surface area contributed by atoms with Gasteiger partial charge in [0.15, 0.2) is 0 Å². The second kappa shape index (κ2) is 11.5. The molecule has 9 aromatic rings. The van der Waals surface area contributed by atoms with Crippen molar-refractivity contribution in [1.82, 2.24) is 0 Å². The fourth-order valence-electron chi connectivity index (χ4n) is 10.1. The number of hydrogen-bond acceptors (Lipinski definition) is 1. The van der Waals surface area contributed by atoms with Crippen LogP contribution in [-0.2, 0) is 10.8 Å². The van der Waals surface area contributed by atoms with Crippen molar-refractivity contribution >= 4 is 49.4 Å². The molecule has 0 aromatic heterocycles. The lowest BCUT2D eigenvalue weighted by Gasteiger charge is -2.30. The van der Waals surface area contributed by atoms with Gasteiger partial charge in [-0.3, -0.25) is 0 Å². The maximum absolute atomic E-state index is 2.50. The minimum Gasteiger partial charge on any atom is -0.310 e. The lowest BCUT2D eigenvalue weighted by molar-refractivity contribution is 0.660. The van der Waals surface area contributed by atoms with Crippen molar-refractivity contribution in [3.05, 3.63) is 198 Å². The van der Waals surface area contributed by atoms with Gasteiger partial charge >= 0.3 is 0 Å². The average molecular weight is 704 g/mol. The van der Waals surface area contributed by atoms with Crippen LogP contribution in [0.1, 0.15) is 49.9 Å². The molecule has 262 valence electrons. The van der Waals surface area contributed by atoms with Crippen LogP contribution in [0.4, 0.5) is 17.1 Å². The Kier molecular flexibility index (Phi) is 6.72. The molecule has 0 heterocycles. The van der Waals surface area contributed by atoms with E-state index in [-0.39, 0.29) is 10.8 Å². The molecule has 1 nitrogen and oxygen atoms in total. The molecule has 0 N–H and O–H groups in total. The van der Waals surface area contributed by atoms with E-state index >= 15 is 0 Å². The van der Waals surface area contributed by atoms with Crippen LogP contribution in [0.2, 0.25) is 0 Å². The molecule has 0 amide bonds. The van der Waals surface area contributed by atoms with Crippen LogP contribution in [0.5, 0.6) is 0 Å². The zero-order valence-electron chi connectivity index (χ0n) is 31.7. The molecule has 0 aliphatic heterocycles. The molecule has 0 spiro atoms. The molecular weight excluding hydrogens is 663 g/mol. The summed E-state index contributed by atoms with van der Waals surface area (Å²) < 4.78 is 0. The molecule has 0 unspecified atom stereocenters. The third-order valence-corrected chi connectivity index (χ3v) is 12.9. The fourth-order valence-corrected chi connectivity index (χ4v) is 10.1. The highest BCUT2D eigenvalue weighted by Crippen LogP contribution is 2.56. The van der Waals surface area contributed by atoms with Crippen molar-refractivity contribution in [2.24, 2.45) is 0 Å². The molecule has 1 heteroatoms. The van der Waals surface area contributed by atoms with Crippen LogP contribution in [0, 0.1) is 0 Å². The lowest BCUT2D eigenvalue weighted by Crippen LogP contribution is -2.16. The molecule has 0 bridgehead atoms. The minimum absolute atomic E-state index is 0.0537. The summed E-state index contributed by atoms with van der Waals surface area (Å²) in [4.78, 5) is 2.50. The quantitative estimate of drug-likeness (QED) is 0.165. The Morgan fingerprint density at radius 2 is 0.927 bits per heavy atom. The summed E-state index contributed by atoms with van der Waals surface area (Å²) >= 11 is 0. The van der Waals surface area contributed by atoms with Crippen molar-refractivity contribution in [2.75, 3.05) is 4.90 Å². The SMILES string of the molecule is CC1(C)c2ccccc2-c2cc(N(c3ccc(-c4cc5c6ccccc6ccc5c5ccccc45)cc3)c3cccc4c3-c3ccccc3C4(C)C)ccc21. The molecule has 0 fully saturated rings. The van der Waals surface area contributed by atoms with E-state index in [4.69, 9.17) is 0 Å². The van der Waals surface area contributed by atoms with Crippen LogP contribution < -0.4 is 4.90 Å². The molecule has 0 radical (unpaired) electrons. The van der Waals surface area contributed by atoms with Crippen molar-refractivity contribution in [2.45, 2.75) is 38.5 Å². The molecular formula is C54H41N. The van der Waals surface area contributed by atoms with E-state index < -0.39 is 0 Å². The van der Waals surface area contributed by atoms with Crippen molar-refractivity contribution in [3.63, 3.8) is 0 Å². The Hall–Kier alpha value is -6.44. The first-order valence-corrected chi connectivity index (χ1v) is 19.5. The molecule has 0 atom stereocenters. The zero-order valence-corrected chi connectivity index (χ0v) is 31.7. The minimum atomic E-state index is -0.0975. The number of hydrogen-bond donors (Lipinski definition) is 0. The topological polar surface area (TPSA) is 3.24 Å². The summed E-state index contributed by atoms with van der Waals surface area (Å²) in [5.41, 5.74) is 16.7. The molecule has 2 aliphatic carbocycles. The van der Waals surface area contributed by atoms with Crippen LogP contribution in [0.15, 0.2) is 176 Å². The Morgan fingerprint density at radius 3 is 1.73 bits per heavy atom. The first-order valence-electron chi connectivity index (χ1n) is 19.5. The van der Waals surface area contributed by atoms with Crippen LogP contribution >= 0.6 is 0 Å². The molecule has 0 saturated carbocycles. The summed E-state index contributed by atoms with van der Waals surface area (Å²) in [6.45, 7) is 9.45. The van der Waals surface area contributed by atoms with Gasteiger partial charge in [0, 0.05) is 27.8 Å².